The highest BCUT2D eigenvalue weighted by atomic mass is 16.5. The van der Waals surface area contributed by atoms with Crippen molar-refractivity contribution in [2.45, 2.75) is 51.6 Å². The van der Waals surface area contributed by atoms with Crippen molar-refractivity contribution in [3.05, 3.63) is 29.8 Å². The molecule has 0 bridgehead atoms. The molecular formula is C17H26N2O2. The molecule has 0 spiro atoms. The molecule has 1 saturated carbocycles. The standard InChI is InChI=1S/C17H26N2O2/c1-2-13-3-7-15(8-4-13)19-17(20)12-21-16-9-5-14(11-18)6-10-16/h5-6,9-10,13,15H,2-4,7-8,11-12,18H2,1H3,(H,19,20). The number of carbonyl (C=O) groups is 1. The highest BCUT2D eigenvalue weighted by Gasteiger charge is 2.21. The number of carbonyl (C=O) groups excluding carboxylic acids is 1. The van der Waals surface area contributed by atoms with Crippen LogP contribution >= 0.6 is 0 Å². The lowest BCUT2D eigenvalue weighted by molar-refractivity contribution is -0.124. The first-order valence-corrected chi connectivity index (χ1v) is 7.92. The largest absolute Gasteiger partial charge is 0.484 e. The molecule has 4 heteroatoms. The summed E-state index contributed by atoms with van der Waals surface area (Å²) in [4.78, 5) is 11.9. The summed E-state index contributed by atoms with van der Waals surface area (Å²) in [6, 6.07) is 7.85. The minimum absolute atomic E-state index is 0.0298. The number of rotatable bonds is 6. The van der Waals surface area contributed by atoms with Gasteiger partial charge in [-0.25, -0.2) is 0 Å². The summed E-state index contributed by atoms with van der Waals surface area (Å²) in [6.07, 6.45) is 5.89. The monoisotopic (exact) mass is 290 g/mol. The Morgan fingerprint density at radius 1 is 1.24 bits per heavy atom. The molecule has 1 fully saturated rings. The molecule has 1 amide bonds. The van der Waals surface area contributed by atoms with E-state index in [1.807, 2.05) is 24.3 Å². The van der Waals surface area contributed by atoms with Crippen LogP contribution in [0.25, 0.3) is 0 Å². The number of hydrogen-bond donors (Lipinski definition) is 2. The predicted octanol–water partition coefficient (Wildman–Crippen LogP) is 2.61. The number of nitrogens with two attached hydrogens (primary N) is 1. The van der Waals surface area contributed by atoms with E-state index in [9.17, 15) is 4.79 Å². The number of amides is 1. The van der Waals surface area contributed by atoms with Gasteiger partial charge in [0.25, 0.3) is 5.91 Å². The maximum Gasteiger partial charge on any atom is 0.258 e. The highest BCUT2D eigenvalue weighted by molar-refractivity contribution is 5.77. The van der Waals surface area contributed by atoms with Gasteiger partial charge in [0.1, 0.15) is 5.75 Å². The Morgan fingerprint density at radius 3 is 2.48 bits per heavy atom. The molecule has 1 aliphatic rings. The summed E-state index contributed by atoms with van der Waals surface area (Å²) in [5, 5.41) is 3.07. The topological polar surface area (TPSA) is 64.3 Å². The van der Waals surface area contributed by atoms with E-state index in [1.54, 1.807) is 0 Å². The molecule has 3 N–H and O–H groups in total. The van der Waals surface area contributed by atoms with E-state index in [1.165, 1.54) is 19.3 Å². The Balaban J connectivity index is 1.69. The second kappa shape index (κ2) is 8.03. The summed E-state index contributed by atoms with van der Waals surface area (Å²) >= 11 is 0. The van der Waals surface area contributed by atoms with E-state index in [4.69, 9.17) is 10.5 Å². The molecule has 0 aliphatic heterocycles. The van der Waals surface area contributed by atoms with Crippen molar-refractivity contribution >= 4 is 5.91 Å². The van der Waals surface area contributed by atoms with E-state index < -0.39 is 0 Å². The molecule has 4 nitrogen and oxygen atoms in total. The Bertz CT molecular complexity index is 437. The van der Waals surface area contributed by atoms with Gasteiger partial charge < -0.3 is 15.8 Å². The molecule has 2 rings (SSSR count). The first-order chi connectivity index (χ1) is 10.2. The normalized spacial score (nSPS) is 21.8. The third-order valence-electron chi connectivity index (χ3n) is 4.32. The lowest BCUT2D eigenvalue weighted by Crippen LogP contribution is -2.40. The zero-order valence-corrected chi connectivity index (χ0v) is 12.8. The van der Waals surface area contributed by atoms with Crippen LogP contribution in [-0.4, -0.2) is 18.6 Å². The zero-order valence-electron chi connectivity index (χ0n) is 12.8. The lowest BCUT2D eigenvalue weighted by Gasteiger charge is -2.28. The Morgan fingerprint density at radius 2 is 1.90 bits per heavy atom. The van der Waals surface area contributed by atoms with Gasteiger partial charge in [-0.05, 0) is 49.3 Å². The molecule has 0 radical (unpaired) electrons. The fourth-order valence-electron chi connectivity index (χ4n) is 2.86. The summed E-state index contributed by atoms with van der Waals surface area (Å²) in [7, 11) is 0. The molecule has 0 saturated heterocycles. The van der Waals surface area contributed by atoms with Crippen LogP contribution in [0.3, 0.4) is 0 Å². The van der Waals surface area contributed by atoms with Crippen molar-refractivity contribution in [1.29, 1.82) is 0 Å². The second-order valence-electron chi connectivity index (χ2n) is 5.83. The average Bonchev–Trinajstić information content (AvgIpc) is 2.54. The fraction of sp³-hybridized carbons (Fsp3) is 0.588. The van der Waals surface area contributed by atoms with Crippen LogP contribution in [0.5, 0.6) is 5.75 Å². The summed E-state index contributed by atoms with van der Waals surface area (Å²) in [5.74, 6) is 1.52. The van der Waals surface area contributed by atoms with Crippen LogP contribution in [0.1, 0.15) is 44.6 Å². The van der Waals surface area contributed by atoms with Gasteiger partial charge >= 0.3 is 0 Å². The summed E-state index contributed by atoms with van der Waals surface area (Å²) < 4.78 is 5.50. The van der Waals surface area contributed by atoms with Gasteiger partial charge in [0.05, 0.1) is 0 Å². The van der Waals surface area contributed by atoms with Gasteiger partial charge in [-0.2, -0.15) is 0 Å². The zero-order chi connectivity index (χ0) is 15.1. The van der Waals surface area contributed by atoms with Gasteiger partial charge in [0.2, 0.25) is 0 Å². The van der Waals surface area contributed by atoms with Crippen LogP contribution in [0.2, 0.25) is 0 Å². The van der Waals surface area contributed by atoms with Crippen molar-refractivity contribution < 1.29 is 9.53 Å². The van der Waals surface area contributed by atoms with Gasteiger partial charge in [0.15, 0.2) is 6.61 Å². The highest BCUT2D eigenvalue weighted by Crippen LogP contribution is 2.26. The summed E-state index contributed by atoms with van der Waals surface area (Å²) in [6.45, 7) is 2.84. The molecular weight excluding hydrogens is 264 g/mol. The second-order valence-corrected chi connectivity index (χ2v) is 5.83. The quantitative estimate of drug-likeness (QED) is 0.846. The molecule has 21 heavy (non-hydrogen) atoms. The van der Waals surface area contributed by atoms with Gasteiger partial charge in [-0.3, -0.25) is 4.79 Å². The Labute approximate surface area is 127 Å². The maximum atomic E-state index is 11.9. The fourth-order valence-corrected chi connectivity index (χ4v) is 2.86. The van der Waals surface area contributed by atoms with E-state index in [0.717, 1.165) is 24.3 Å². The number of nitrogens with one attached hydrogen (secondary N) is 1. The molecule has 1 aromatic carbocycles. The first kappa shape index (κ1) is 15.8. The van der Waals surface area contributed by atoms with Crippen molar-refractivity contribution in [3.8, 4) is 5.75 Å². The maximum absolute atomic E-state index is 11.9. The third kappa shape index (κ3) is 5.05. The van der Waals surface area contributed by atoms with Crippen molar-refractivity contribution in [1.82, 2.24) is 5.32 Å². The third-order valence-corrected chi connectivity index (χ3v) is 4.32. The molecule has 1 aliphatic carbocycles. The van der Waals surface area contributed by atoms with Gasteiger partial charge in [-0.15, -0.1) is 0 Å². The van der Waals surface area contributed by atoms with Gasteiger partial charge in [0, 0.05) is 12.6 Å². The summed E-state index contributed by atoms with van der Waals surface area (Å²) in [5.41, 5.74) is 6.60. The van der Waals surface area contributed by atoms with Crippen molar-refractivity contribution in [2.24, 2.45) is 11.7 Å². The minimum Gasteiger partial charge on any atom is -0.484 e. The van der Waals surface area contributed by atoms with E-state index in [0.29, 0.717) is 18.3 Å². The lowest BCUT2D eigenvalue weighted by atomic mass is 9.84. The Kier molecular flexibility index (Phi) is 6.05. The van der Waals surface area contributed by atoms with E-state index in [-0.39, 0.29) is 12.5 Å². The predicted molar refractivity (Wildman–Crippen MR) is 84.0 cm³/mol. The minimum atomic E-state index is -0.0298. The molecule has 0 atom stereocenters. The first-order valence-electron chi connectivity index (χ1n) is 7.92. The van der Waals surface area contributed by atoms with E-state index in [2.05, 4.69) is 12.2 Å². The number of benzene rings is 1. The van der Waals surface area contributed by atoms with Crippen LogP contribution in [-0.2, 0) is 11.3 Å². The smallest absolute Gasteiger partial charge is 0.258 e. The van der Waals surface area contributed by atoms with Crippen LogP contribution < -0.4 is 15.8 Å². The van der Waals surface area contributed by atoms with Crippen molar-refractivity contribution in [2.75, 3.05) is 6.61 Å². The van der Waals surface area contributed by atoms with Crippen molar-refractivity contribution in [3.63, 3.8) is 0 Å². The number of ether oxygens (including phenoxy) is 1. The molecule has 0 unspecified atom stereocenters. The Hall–Kier alpha value is -1.55. The molecule has 0 aromatic heterocycles. The van der Waals surface area contributed by atoms with Crippen LogP contribution in [0.15, 0.2) is 24.3 Å². The number of hydrogen-bond acceptors (Lipinski definition) is 3. The molecule has 0 heterocycles. The molecule has 1 aromatic rings. The van der Waals surface area contributed by atoms with Crippen LogP contribution in [0, 0.1) is 5.92 Å². The molecule has 116 valence electrons. The average molecular weight is 290 g/mol. The van der Waals surface area contributed by atoms with Gasteiger partial charge in [-0.1, -0.05) is 25.5 Å². The SMILES string of the molecule is CCC1CCC(NC(=O)COc2ccc(CN)cc2)CC1. The van der Waals surface area contributed by atoms with Crippen LogP contribution in [0.4, 0.5) is 0 Å². The van der Waals surface area contributed by atoms with E-state index >= 15 is 0 Å².